The van der Waals surface area contributed by atoms with Gasteiger partial charge in [0.2, 0.25) is 0 Å². The van der Waals surface area contributed by atoms with Crippen molar-refractivity contribution in [3.05, 3.63) is 0 Å². The Bertz CT molecular complexity index is 656. The van der Waals surface area contributed by atoms with E-state index in [9.17, 15) is 10.00 Å². The molecule has 4 heterocycles. The van der Waals surface area contributed by atoms with Gasteiger partial charge in [-0.3, -0.25) is 0 Å². The van der Waals surface area contributed by atoms with Gasteiger partial charge in [0.1, 0.15) is 0 Å². The Balaban J connectivity index is 1.62. The molecule has 0 bridgehead atoms. The number of hydrogen-bond acceptors (Lipinski definition) is 11. The fourth-order valence-corrected chi connectivity index (χ4v) is 4.60. The van der Waals surface area contributed by atoms with Crippen molar-refractivity contribution in [2.75, 3.05) is 29.2 Å². The zero-order valence-corrected chi connectivity index (χ0v) is 14.1. The number of nitrogens with two attached hydrogens (primary N) is 1. The summed E-state index contributed by atoms with van der Waals surface area (Å²) in [5, 5.41) is 13.9. The van der Waals surface area contributed by atoms with Crippen LogP contribution in [0.15, 0.2) is 5.16 Å². The van der Waals surface area contributed by atoms with Crippen LogP contribution < -0.4 is 16.0 Å². The number of ether oxygens (including phenoxy) is 1. The minimum absolute atomic E-state index is 0.176. The Morgan fingerprint density at radius 3 is 3.04 bits per heavy atom. The van der Waals surface area contributed by atoms with E-state index in [1.807, 2.05) is 0 Å². The van der Waals surface area contributed by atoms with E-state index < -0.39 is 32.4 Å². The molecule has 126 valence electrons. The second-order valence-electron chi connectivity index (χ2n) is 5.76. The molecule has 0 amide bonds. The first-order valence-corrected chi connectivity index (χ1v) is 9.81. The van der Waals surface area contributed by atoms with Gasteiger partial charge in [-0.25, -0.2) is 0 Å². The molecule has 2 fully saturated rings. The summed E-state index contributed by atoms with van der Waals surface area (Å²) in [7, 11) is -1.70. The van der Waals surface area contributed by atoms with Crippen LogP contribution in [0.5, 0.6) is 0 Å². The number of nitrogen functional groups attached to an aromatic ring is 1. The summed E-state index contributed by atoms with van der Waals surface area (Å²) in [6.45, 7) is 0.524. The van der Waals surface area contributed by atoms with Crippen molar-refractivity contribution in [3.8, 4) is 0 Å². The van der Waals surface area contributed by atoms with Crippen LogP contribution in [0.1, 0.15) is 0 Å². The predicted octanol–water partition coefficient (Wildman–Crippen LogP) is -1.93. The molecule has 0 aromatic carbocycles. The van der Waals surface area contributed by atoms with Crippen LogP contribution in [-0.2, 0) is 13.8 Å². The van der Waals surface area contributed by atoms with E-state index in [2.05, 4.69) is 27.9 Å². The van der Waals surface area contributed by atoms with Gasteiger partial charge in [-0.15, -0.1) is 0 Å². The molecule has 0 aliphatic carbocycles. The quantitative estimate of drug-likeness (QED) is 0.167. The van der Waals surface area contributed by atoms with E-state index in [1.54, 1.807) is 4.90 Å². The van der Waals surface area contributed by atoms with E-state index in [0.29, 0.717) is 18.2 Å². The molecule has 4 atom stereocenters. The van der Waals surface area contributed by atoms with E-state index in [0.717, 1.165) is 0 Å². The fraction of sp³-hybridized carbons (Fsp3) is 0.600. The van der Waals surface area contributed by atoms with Crippen molar-refractivity contribution in [2.45, 2.75) is 29.7 Å². The molecule has 0 saturated carbocycles. The van der Waals surface area contributed by atoms with Gasteiger partial charge >= 0.3 is 138 Å². The molecule has 1 aromatic heterocycles. The van der Waals surface area contributed by atoms with Crippen molar-refractivity contribution in [2.24, 2.45) is 0 Å². The number of rotatable bonds is 1. The zero-order chi connectivity index (χ0) is 16.4. The Morgan fingerprint density at radius 1 is 1.48 bits per heavy atom. The van der Waals surface area contributed by atoms with Gasteiger partial charge in [-0.2, -0.15) is 0 Å². The number of aromatic nitrogens is 2. The van der Waals surface area contributed by atoms with Gasteiger partial charge in [0.15, 0.2) is 0 Å². The molecule has 4 rings (SSSR count). The topological polar surface area (TPSA) is 135 Å². The van der Waals surface area contributed by atoms with Gasteiger partial charge < -0.3 is 0 Å². The van der Waals surface area contributed by atoms with Crippen molar-refractivity contribution < 1.29 is 23.8 Å². The minimum atomic E-state index is -3.21. The van der Waals surface area contributed by atoms with Crippen LogP contribution in [-0.4, -0.2) is 65.3 Å². The number of aliphatic hydroxyl groups is 1. The number of aliphatic hydroxyl groups excluding tert-OH is 1. The van der Waals surface area contributed by atoms with Crippen LogP contribution in [0.2, 0.25) is 0 Å². The average Bonchev–Trinajstić information content (AvgIpc) is 3.00. The summed E-state index contributed by atoms with van der Waals surface area (Å²) >= 11 is 4.13. The fourth-order valence-electron chi connectivity index (χ4n) is 3.06. The molecule has 13 heteroatoms. The van der Waals surface area contributed by atoms with E-state index >= 15 is 0 Å². The second kappa shape index (κ2) is 5.31. The molecule has 5 N–H and O–H groups in total. The van der Waals surface area contributed by atoms with Crippen molar-refractivity contribution in [1.29, 1.82) is 0 Å². The zero-order valence-electron chi connectivity index (χ0n) is 12.2. The Labute approximate surface area is 138 Å². The van der Waals surface area contributed by atoms with E-state index in [4.69, 9.17) is 19.5 Å². The molecule has 2 saturated heterocycles. The maximum absolute atomic E-state index is 10.6. The molecule has 23 heavy (non-hydrogen) atoms. The molecular weight excluding hydrogens is 344 g/mol. The molecule has 3 aliphatic rings. The van der Waals surface area contributed by atoms with Crippen LogP contribution >= 0.6 is 20.5 Å². The standard InChI is InChI=1S/C10H17BN5O5PS/c11-22(18)19-1-3-6(21-22)5(17)9(20-3)16-2-13-4-7(12)14-10(23)15-8(4)16/h3,5-6,9,13,17-18,22H,1-2,11H2,(H3,12,14,15,23)/t3?,5?,6-,9?/m1/s1. The van der Waals surface area contributed by atoms with Crippen LogP contribution in [0.4, 0.5) is 17.3 Å². The van der Waals surface area contributed by atoms with Gasteiger partial charge in [0, 0.05) is 0 Å². The number of fused-ring (bicyclic) bond motifs is 2. The number of hydrogen-bond donors (Lipinski definition) is 5. The molecule has 1 aromatic rings. The van der Waals surface area contributed by atoms with Crippen LogP contribution in [0, 0.1) is 0 Å². The van der Waals surface area contributed by atoms with Crippen LogP contribution in [0.3, 0.4) is 0 Å². The molecular formula is C10H17BN5O5PS. The normalized spacial score (nSPS) is 36.2. The first-order valence-electron chi connectivity index (χ1n) is 7.10. The van der Waals surface area contributed by atoms with E-state index in [1.165, 1.54) is 7.57 Å². The van der Waals surface area contributed by atoms with Crippen molar-refractivity contribution >= 4 is 45.3 Å². The Kier molecular flexibility index (Phi) is 3.61. The maximum atomic E-state index is 10.6. The van der Waals surface area contributed by atoms with Gasteiger partial charge in [-0.05, 0) is 0 Å². The number of anilines is 3. The third kappa shape index (κ3) is 2.54. The third-order valence-electron chi connectivity index (χ3n) is 4.09. The van der Waals surface area contributed by atoms with Gasteiger partial charge in [-0.1, -0.05) is 0 Å². The molecule has 3 unspecified atom stereocenters. The summed E-state index contributed by atoms with van der Waals surface area (Å²) in [5.41, 5.74) is 6.43. The molecule has 0 radical (unpaired) electrons. The SMILES string of the molecule is B[PH]1(O)OCC2OC(N3CNc4c(N)nc(S)nc43)C(O)[C@@H]2O1. The predicted molar refractivity (Wildman–Crippen MR) is 89.2 cm³/mol. The second-order valence-corrected chi connectivity index (χ2v) is 8.48. The monoisotopic (exact) mass is 361 g/mol. The summed E-state index contributed by atoms with van der Waals surface area (Å²) in [6.07, 6.45) is -2.77. The third-order valence-corrected chi connectivity index (χ3v) is 5.70. The summed E-state index contributed by atoms with van der Waals surface area (Å²) in [5.74, 6) is 0.789. The Morgan fingerprint density at radius 2 is 2.26 bits per heavy atom. The van der Waals surface area contributed by atoms with Crippen LogP contribution in [0.25, 0.3) is 0 Å². The summed E-state index contributed by atoms with van der Waals surface area (Å²) < 4.78 is 16.7. The van der Waals surface area contributed by atoms with Gasteiger partial charge in [0.05, 0.1) is 0 Å². The van der Waals surface area contributed by atoms with Crippen molar-refractivity contribution in [3.63, 3.8) is 0 Å². The summed E-state index contributed by atoms with van der Waals surface area (Å²) in [4.78, 5) is 19.9. The first-order chi connectivity index (χ1) is 10.9. The number of nitrogens with one attached hydrogen (secondary N) is 1. The average molecular weight is 361 g/mol. The molecule has 10 nitrogen and oxygen atoms in total. The van der Waals surface area contributed by atoms with Crippen molar-refractivity contribution in [1.82, 2.24) is 9.97 Å². The summed E-state index contributed by atoms with van der Waals surface area (Å²) in [6, 6.07) is 0. The molecule has 3 aliphatic heterocycles. The molecule has 0 spiro atoms. The van der Waals surface area contributed by atoms with E-state index in [-0.39, 0.29) is 17.6 Å². The Hall–Kier alpha value is -0.875. The number of nitrogens with zero attached hydrogens (tertiary/aromatic N) is 3. The van der Waals surface area contributed by atoms with Gasteiger partial charge in [0.25, 0.3) is 0 Å². The first kappa shape index (κ1) is 15.6. The number of thiol groups is 1.